The summed E-state index contributed by atoms with van der Waals surface area (Å²) in [7, 11) is 0. The first-order valence-corrected chi connectivity index (χ1v) is 7.69. The first-order valence-electron chi connectivity index (χ1n) is 7.69. The van der Waals surface area contributed by atoms with Crippen LogP contribution in [-0.4, -0.2) is 28.6 Å². The van der Waals surface area contributed by atoms with E-state index in [1.807, 2.05) is 30.3 Å². The van der Waals surface area contributed by atoms with Crippen molar-refractivity contribution in [1.82, 2.24) is 15.3 Å². The van der Waals surface area contributed by atoms with Crippen LogP contribution in [0.3, 0.4) is 0 Å². The lowest BCUT2D eigenvalue weighted by Crippen LogP contribution is -2.43. The number of carbonyl (C=O) groups is 2. The Labute approximate surface area is 144 Å². The number of ether oxygens (including phenoxy) is 2. The number of primary amides is 1. The Bertz CT molecular complexity index is 821. The van der Waals surface area contributed by atoms with Crippen LogP contribution in [0.25, 0.3) is 0 Å². The lowest BCUT2D eigenvalue weighted by molar-refractivity contribution is -0.122. The van der Waals surface area contributed by atoms with Gasteiger partial charge in [-0.05, 0) is 19.4 Å². The molecule has 2 amide bonds. The number of hydrogen-bond acceptors (Lipinski definition) is 6. The van der Waals surface area contributed by atoms with E-state index in [1.165, 1.54) is 0 Å². The van der Waals surface area contributed by atoms with E-state index in [0.29, 0.717) is 0 Å². The van der Waals surface area contributed by atoms with Gasteiger partial charge in [-0.2, -0.15) is 4.98 Å². The molecule has 1 aromatic carbocycles. The van der Waals surface area contributed by atoms with E-state index in [1.54, 1.807) is 13.8 Å². The van der Waals surface area contributed by atoms with E-state index >= 15 is 0 Å². The lowest BCUT2D eigenvalue weighted by Gasteiger charge is -2.25. The minimum Gasteiger partial charge on any atom is -0.449 e. The molecule has 2 aromatic rings. The van der Waals surface area contributed by atoms with Gasteiger partial charge in [0.2, 0.25) is 18.4 Å². The number of nitrogens with zero attached hydrogens (tertiary/aromatic N) is 2. The van der Waals surface area contributed by atoms with Gasteiger partial charge in [-0.15, -0.1) is 0 Å². The second-order valence-corrected chi connectivity index (χ2v) is 6.14. The summed E-state index contributed by atoms with van der Waals surface area (Å²) >= 11 is 0. The van der Waals surface area contributed by atoms with Crippen molar-refractivity contribution in [2.45, 2.75) is 25.8 Å². The SMILES string of the molecule is CC(C)(NC(=O)Cc1ccccc1)c1nc2c(c(C(N)=O)n1)OCO2. The molecule has 1 aliphatic heterocycles. The molecule has 0 fully saturated rings. The average molecular weight is 342 g/mol. The maximum Gasteiger partial charge on any atom is 0.271 e. The molecule has 25 heavy (non-hydrogen) atoms. The van der Waals surface area contributed by atoms with Gasteiger partial charge in [0.05, 0.1) is 12.0 Å². The van der Waals surface area contributed by atoms with Crippen molar-refractivity contribution in [1.29, 1.82) is 0 Å². The van der Waals surface area contributed by atoms with Gasteiger partial charge in [0.1, 0.15) is 0 Å². The molecule has 3 rings (SSSR count). The number of rotatable bonds is 5. The van der Waals surface area contributed by atoms with Crippen molar-refractivity contribution in [2.75, 3.05) is 6.79 Å². The number of aromatic nitrogens is 2. The van der Waals surface area contributed by atoms with Gasteiger partial charge in [-0.3, -0.25) is 9.59 Å². The van der Waals surface area contributed by atoms with Gasteiger partial charge in [-0.1, -0.05) is 30.3 Å². The van der Waals surface area contributed by atoms with Crippen LogP contribution < -0.4 is 20.5 Å². The summed E-state index contributed by atoms with van der Waals surface area (Å²) in [5.74, 6) is -0.464. The molecule has 0 spiro atoms. The summed E-state index contributed by atoms with van der Waals surface area (Å²) in [6, 6.07) is 9.36. The molecule has 8 nitrogen and oxygen atoms in total. The third-order valence-electron chi connectivity index (χ3n) is 3.69. The maximum atomic E-state index is 12.3. The third kappa shape index (κ3) is 3.52. The Morgan fingerprint density at radius 3 is 2.60 bits per heavy atom. The lowest BCUT2D eigenvalue weighted by atomic mass is 10.0. The minimum atomic E-state index is -0.933. The first-order chi connectivity index (χ1) is 11.9. The van der Waals surface area contributed by atoms with E-state index in [-0.39, 0.29) is 42.3 Å². The normalized spacial score (nSPS) is 12.7. The van der Waals surface area contributed by atoms with Crippen LogP contribution >= 0.6 is 0 Å². The molecule has 1 aromatic heterocycles. The fraction of sp³-hybridized carbons (Fsp3) is 0.294. The molecule has 1 aliphatic rings. The van der Waals surface area contributed by atoms with Crippen LogP contribution in [0.1, 0.15) is 35.7 Å². The third-order valence-corrected chi connectivity index (χ3v) is 3.69. The van der Waals surface area contributed by atoms with Crippen molar-refractivity contribution in [3.63, 3.8) is 0 Å². The van der Waals surface area contributed by atoms with Crippen LogP contribution in [0, 0.1) is 0 Å². The molecule has 8 heteroatoms. The van der Waals surface area contributed by atoms with E-state index in [9.17, 15) is 9.59 Å². The highest BCUT2D eigenvalue weighted by atomic mass is 16.7. The van der Waals surface area contributed by atoms with Gasteiger partial charge in [0.15, 0.2) is 11.5 Å². The van der Waals surface area contributed by atoms with E-state index in [0.717, 1.165) is 5.56 Å². The summed E-state index contributed by atoms with van der Waals surface area (Å²) in [5.41, 5.74) is 5.24. The molecule has 0 aliphatic carbocycles. The molecular weight excluding hydrogens is 324 g/mol. The average Bonchev–Trinajstić information content (AvgIpc) is 3.02. The van der Waals surface area contributed by atoms with Crippen LogP contribution in [0.4, 0.5) is 0 Å². The summed E-state index contributed by atoms with van der Waals surface area (Å²) in [6.07, 6.45) is 0.220. The highest BCUT2D eigenvalue weighted by Gasteiger charge is 2.32. The Morgan fingerprint density at radius 1 is 1.20 bits per heavy atom. The van der Waals surface area contributed by atoms with Crippen LogP contribution in [0.5, 0.6) is 11.6 Å². The Hall–Kier alpha value is -3.16. The smallest absolute Gasteiger partial charge is 0.271 e. The first kappa shape index (κ1) is 16.7. The van der Waals surface area contributed by atoms with E-state index in [4.69, 9.17) is 15.2 Å². The zero-order chi connectivity index (χ0) is 18.0. The Balaban J connectivity index is 1.83. The van der Waals surface area contributed by atoms with E-state index in [2.05, 4.69) is 15.3 Å². The topological polar surface area (TPSA) is 116 Å². The second-order valence-electron chi connectivity index (χ2n) is 6.14. The quantitative estimate of drug-likeness (QED) is 0.834. The second kappa shape index (κ2) is 6.39. The molecule has 0 saturated heterocycles. The van der Waals surface area contributed by atoms with Crippen molar-refractivity contribution in [2.24, 2.45) is 5.73 Å². The van der Waals surface area contributed by atoms with Crippen LogP contribution in [0.2, 0.25) is 0 Å². The summed E-state index contributed by atoms with van der Waals surface area (Å²) in [6.45, 7) is 3.41. The number of nitrogens with one attached hydrogen (secondary N) is 1. The molecule has 3 N–H and O–H groups in total. The highest BCUT2D eigenvalue weighted by Crippen LogP contribution is 2.34. The number of carbonyl (C=O) groups excluding carboxylic acids is 2. The van der Waals surface area contributed by atoms with Gasteiger partial charge < -0.3 is 20.5 Å². The highest BCUT2D eigenvalue weighted by molar-refractivity contribution is 5.94. The number of amides is 2. The minimum absolute atomic E-state index is 0.0610. The molecular formula is C17H18N4O4. The molecule has 0 atom stereocenters. The summed E-state index contributed by atoms with van der Waals surface area (Å²) < 4.78 is 10.4. The Morgan fingerprint density at radius 2 is 1.92 bits per heavy atom. The van der Waals surface area contributed by atoms with Crippen molar-refractivity contribution in [3.8, 4) is 11.6 Å². The van der Waals surface area contributed by atoms with Crippen molar-refractivity contribution in [3.05, 3.63) is 47.4 Å². The number of hydrogen-bond donors (Lipinski definition) is 2. The van der Waals surface area contributed by atoms with Gasteiger partial charge in [-0.25, -0.2) is 4.98 Å². The number of nitrogens with two attached hydrogens (primary N) is 1. The molecule has 2 heterocycles. The fourth-order valence-corrected chi connectivity index (χ4v) is 2.48. The van der Waals surface area contributed by atoms with E-state index < -0.39 is 11.4 Å². The molecule has 0 bridgehead atoms. The Kier molecular flexibility index (Phi) is 4.26. The molecule has 0 radical (unpaired) electrons. The summed E-state index contributed by atoms with van der Waals surface area (Å²) in [4.78, 5) is 32.4. The van der Waals surface area contributed by atoms with Crippen LogP contribution in [0.15, 0.2) is 30.3 Å². The number of benzene rings is 1. The molecule has 0 unspecified atom stereocenters. The predicted octanol–water partition coefficient (Wildman–Crippen LogP) is 0.898. The van der Waals surface area contributed by atoms with Gasteiger partial charge >= 0.3 is 0 Å². The van der Waals surface area contributed by atoms with Gasteiger partial charge in [0, 0.05) is 0 Å². The fourth-order valence-electron chi connectivity index (χ4n) is 2.48. The summed E-state index contributed by atoms with van der Waals surface area (Å²) in [5, 5.41) is 2.87. The molecule has 130 valence electrons. The zero-order valence-electron chi connectivity index (χ0n) is 13.9. The monoisotopic (exact) mass is 342 g/mol. The van der Waals surface area contributed by atoms with Crippen LogP contribution in [-0.2, 0) is 16.8 Å². The maximum absolute atomic E-state index is 12.3. The largest absolute Gasteiger partial charge is 0.449 e. The standard InChI is InChI=1S/C17H18N4O4/c1-17(2,21-11(22)8-10-6-4-3-5-7-10)16-19-12(14(18)23)13-15(20-16)25-9-24-13/h3-7H,8-9H2,1-2H3,(H2,18,23)(H,21,22). The van der Waals surface area contributed by atoms with Gasteiger partial charge in [0.25, 0.3) is 11.8 Å². The zero-order valence-corrected chi connectivity index (χ0v) is 13.9. The number of fused-ring (bicyclic) bond motifs is 1. The predicted molar refractivity (Wildman–Crippen MR) is 88.0 cm³/mol. The van der Waals surface area contributed by atoms with Crippen molar-refractivity contribution >= 4 is 11.8 Å². The van der Waals surface area contributed by atoms with Crippen molar-refractivity contribution < 1.29 is 19.1 Å². The molecule has 0 saturated carbocycles.